The molecule has 67 heavy (non-hydrogen) atoms. The zero-order valence-electron chi connectivity index (χ0n) is 36.7. The first-order valence-electron chi connectivity index (χ1n) is 21.0. The molecule has 1 N–H and O–H groups in total. The minimum absolute atomic E-state index is 0.141. The van der Waals surface area contributed by atoms with Crippen LogP contribution in [0, 0.1) is 0 Å². The highest BCUT2D eigenvalue weighted by molar-refractivity contribution is 7.54. The average molecular weight is 976 g/mol. The highest BCUT2D eigenvalue weighted by Crippen LogP contribution is 2.30. The number of hydrogen-bond acceptors (Lipinski definition) is 10. The molecule has 0 saturated carbocycles. The molecule has 0 heterocycles. The molecule has 0 spiro atoms. The van der Waals surface area contributed by atoms with Gasteiger partial charge in [-0.3, -0.25) is 0 Å². The van der Waals surface area contributed by atoms with E-state index in [1.807, 2.05) is 49.4 Å². The number of phenols is 1. The summed E-state index contributed by atoms with van der Waals surface area (Å²) in [6.07, 6.45) is 5.43. The molecular formula is C53H46AlCl3O10. The number of aryl methyl sites for hydroxylation is 2. The van der Waals surface area contributed by atoms with E-state index in [4.69, 9.17) is 53.8 Å². The maximum absolute atomic E-state index is 12.9. The maximum atomic E-state index is 12.9. The van der Waals surface area contributed by atoms with Crippen LogP contribution in [0.2, 0.25) is 0 Å². The Morgan fingerprint density at radius 2 is 0.970 bits per heavy atom. The minimum atomic E-state index is -1.72. The quantitative estimate of drug-likeness (QED) is 0.0458. The monoisotopic (exact) mass is 974 g/mol. The second-order valence-corrected chi connectivity index (χ2v) is 21.0. The summed E-state index contributed by atoms with van der Waals surface area (Å²) in [7, 11) is 14.8. The van der Waals surface area contributed by atoms with Gasteiger partial charge in [0.25, 0.3) is 0 Å². The zero-order valence-corrected chi connectivity index (χ0v) is 40.1. The minimum Gasteiger partial charge on any atom is -0.508 e. The zero-order chi connectivity index (χ0) is 48.3. The van der Waals surface area contributed by atoms with Gasteiger partial charge in [0.05, 0.1) is 11.1 Å². The number of carbonyl (C=O) groups excluding carboxylic acids is 4. The summed E-state index contributed by atoms with van der Waals surface area (Å²) in [5.41, 5.74) is 3.62. The van der Waals surface area contributed by atoms with Crippen molar-refractivity contribution in [1.29, 1.82) is 0 Å². The fourth-order valence-electron chi connectivity index (χ4n) is 6.54. The van der Waals surface area contributed by atoms with Crippen LogP contribution in [-0.2, 0) is 29.0 Å². The van der Waals surface area contributed by atoms with Crippen LogP contribution in [0.4, 0.5) is 0 Å². The Kier molecular flexibility index (Phi) is 19.9. The molecule has 0 unspecified atom stereocenters. The van der Waals surface area contributed by atoms with E-state index in [-0.39, 0.29) is 5.75 Å². The molecule has 0 saturated heterocycles. The Morgan fingerprint density at radius 1 is 0.537 bits per heavy atom. The standard InChI is InChI=1S/C30H26O5.C23H20O5.Al.3ClH/c1-3-8-24-19-26(33-20-21-9-6-5-7-10-21)15-16-28(24)35-30(32)25-12-11-23-18-27(34-29(31)4-2)14-13-22(23)17-25;1-3-5-17-13-19(24)9-11-21(17)28-23(26)18-7-6-16-14-20(27-22(25)4-2)10-8-15(16)12-18;;;;/h4-7,9-19H,2-3,8,20H2,1H3;4,6-14,24H,2-3,5H2,1H3;;3*1H/q;;+3;;;/p-3. The van der Waals surface area contributed by atoms with Crippen LogP contribution < -0.4 is 23.7 Å². The molecule has 0 bridgehead atoms. The van der Waals surface area contributed by atoms with Crippen molar-refractivity contribution in [2.75, 3.05) is 0 Å². The van der Waals surface area contributed by atoms with Gasteiger partial charge < -0.3 is 28.8 Å². The Morgan fingerprint density at radius 3 is 1.45 bits per heavy atom. The molecule has 10 nitrogen and oxygen atoms in total. The van der Waals surface area contributed by atoms with E-state index in [0.717, 1.165) is 75.4 Å². The lowest BCUT2D eigenvalue weighted by Gasteiger charge is -2.13. The van der Waals surface area contributed by atoms with Crippen LogP contribution in [0.1, 0.15) is 64.1 Å². The maximum Gasteiger partial charge on any atom is 0.643 e. The second-order valence-electron chi connectivity index (χ2n) is 14.6. The van der Waals surface area contributed by atoms with Gasteiger partial charge in [0.15, 0.2) is 0 Å². The molecule has 0 aromatic heterocycles. The first-order chi connectivity index (χ1) is 32.3. The van der Waals surface area contributed by atoms with Crippen molar-refractivity contribution in [2.24, 2.45) is 0 Å². The summed E-state index contributed by atoms with van der Waals surface area (Å²) in [6, 6.07) is 40.9. The summed E-state index contributed by atoms with van der Waals surface area (Å²) in [5.74, 6) is 0.680. The first kappa shape index (κ1) is 51.4. The van der Waals surface area contributed by atoms with Crippen LogP contribution in [0.5, 0.6) is 34.5 Å². The Hall–Kier alpha value is -6.58. The van der Waals surface area contributed by atoms with E-state index in [1.54, 1.807) is 91.0 Å². The fourth-order valence-corrected chi connectivity index (χ4v) is 6.54. The predicted octanol–water partition coefficient (Wildman–Crippen LogP) is 13.2. The molecule has 0 aliphatic heterocycles. The van der Waals surface area contributed by atoms with Gasteiger partial charge in [-0.05, 0) is 136 Å². The van der Waals surface area contributed by atoms with Crippen LogP contribution in [0.15, 0.2) is 165 Å². The van der Waals surface area contributed by atoms with Gasteiger partial charge in [-0.15, -0.1) is 0 Å². The molecule has 0 aliphatic rings. The number of aromatic hydroxyl groups is 1. The number of ether oxygens (including phenoxy) is 5. The topological polar surface area (TPSA) is 135 Å². The molecule has 0 radical (unpaired) electrons. The molecular weight excluding hydrogens is 930 g/mol. The molecule has 7 aromatic carbocycles. The highest BCUT2D eigenvalue weighted by atomic mass is 35.8. The van der Waals surface area contributed by atoms with E-state index in [0.29, 0.717) is 47.2 Å². The third-order valence-corrected chi connectivity index (χ3v) is 9.63. The number of fused-ring (bicyclic) bond motifs is 2. The number of benzene rings is 7. The van der Waals surface area contributed by atoms with Crippen molar-refractivity contribution in [2.45, 2.75) is 46.1 Å². The number of halogens is 3. The summed E-state index contributed by atoms with van der Waals surface area (Å²) < 4.78 is 27.5. The third-order valence-electron chi connectivity index (χ3n) is 9.63. The van der Waals surface area contributed by atoms with Crippen LogP contribution in [0.25, 0.3) is 21.5 Å². The Balaban J connectivity index is 0.000000237. The lowest BCUT2D eigenvalue weighted by atomic mass is 10.1. The molecule has 7 rings (SSSR count). The van der Waals surface area contributed by atoms with Gasteiger partial charge in [0.1, 0.15) is 41.1 Å². The first-order valence-corrected chi connectivity index (χ1v) is 26.3. The lowest BCUT2D eigenvalue weighted by Crippen LogP contribution is -2.10. The van der Waals surface area contributed by atoms with Gasteiger partial charge in [-0.2, -0.15) is 0 Å². The summed E-state index contributed by atoms with van der Waals surface area (Å²) in [4.78, 5) is 48.2. The Labute approximate surface area is 405 Å². The molecule has 0 fully saturated rings. The van der Waals surface area contributed by atoms with Gasteiger partial charge in [0, 0.05) is 12.2 Å². The predicted molar refractivity (Wildman–Crippen MR) is 266 cm³/mol. The lowest BCUT2D eigenvalue weighted by molar-refractivity contribution is -0.129. The fraction of sp³-hybridized carbons (Fsp3) is 0.132. The van der Waals surface area contributed by atoms with Gasteiger partial charge in [-0.1, -0.05) is 94.4 Å². The van der Waals surface area contributed by atoms with Crippen molar-refractivity contribution in [1.82, 2.24) is 0 Å². The van der Waals surface area contributed by atoms with Gasteiger partial charge >= 0.3 is 35.3 Å². The van der Waals surface area contributed by atoms with Crippen molar-refractivity contribution in [3.8, 4) is 34.5 Å². The Bertz CT molecular complexity index is 2860. The van der Waals surface area contributed by atoms with Crippen molar-refractivity contribution in [3.05, 3.63) is 193 Å². The number of esters is 4. The summed E-state index contributed by atoms with van der Waals surface area (Å²) in [5, 5.41) is 12.9. The number of phenolic OH excluding ortho intramolecular Hbond substituents is 1. The summed E-state index contributed by atoms with van der Waals surface area (Å²) in [6.45, 7) is 11.3. The number of rotatable bonds is 15. The van der Waals surface area contributed by atoms with E-state index in [9.17, 15) is 24.3 Å². The van der Waals surface area contributed by atoms with Crippen LogP contribution in [0.3, 0.4) is 0 Å². The second kappa shape index (κ2) is 25.9. The SMILES string of the molecule is C=CC(=O)Oc1ccc2cc(C(=O)Oc3ccc(O)cc3CCC)ccc2c1.C=CC(=O)Oc1ccc2cc(C(=O)Oc3ccc(OCc4ccccc4)cc3CCC)ccc2c1.[Cl][Al]([Cl])[Cl]. The summed E-state index contributed by atoms with van der Waals surface area (Å²) >= 11 is -1.72. The molecule has 14 heteroatoms. The molecule has 0 amide bonds. The molecule has 0 aliphatic carbocycles. The largest absolute Gasteiger partial charge is 0.643 e. The van der Waals surface area contributed by atoms with Gasteiger partial charge in [-0.25, -0.2) is 49.3 Å². The van der Waals surface area contributed by atoms with E-state index < -0.39 is 35.3 Å². The molecule has 342 valence electrons. The number of carbonyl (C=O) groups is 4. The van der Waals surface area contributed by atoms with Gasteiger partial charge in [0.2, 0.25) is 0 Å². The normalized spacial score (nSPS) is 10.3. The molecule has 0 atom stereocenters. The van der Waals surface area contributed by atoms with Crippen molar-refractivity contribution < 1.29 is 48.0 Å². The highest BCUT2D eigenvalue weighted by Gasteiger charge is 2.16. The van der Waals surface area contributed by atoms with E-state index in [2.05, 4.69) is 20.1 Å². The molecule has 7 aromatic rings. The van der Waals surface area contributed by atoms with E-state index in [1.165, 1.54) is 6.07 Å². The third kappa shape index (κ3) is 16.1. The van der Waals surface area contributed by atoms with Crippen LogP contribution >= 0.6 is 30.1 Å². The van der Waals surface area contributed by atoms with Crippen LogP contribution in [-0.4, -0.2) is 40.4 Å². The van der Waals surface area contributed by atoms with Crippen molar-refractivity contribution >= 4 is 87.0 Å². The van der Waals surface area contributed by atoms with Crippen molar-refractivity contribution in [3.63, 3.8) is 0 Å². The smallest absolute Gasteiger partial charge is 0.508 e. The average Bonchev–Trinajstić information content (AvgIpc) is 3.32. The van der Waals surface area contributed by atoms with E-state index >= 15 is 0 Å². The number of hydrogen-bond donors (Lipinski definition) is 1.